The highest BCUT2D eigenvalue weighted by atomic mass is 16.7. The molecule has 24 heavy (non-hydrogen) atoms. The largest absolute Gasteiger partial charge is 0.378 e. The predicted molar refractivity (Wildman–Crippen MR) is 101 cm³/mol. The number of ether oxygens (including phenoxy) is 3. The highest BCUT2D eigenvalue weighted by Gasteiger charge is 2.14. The van der Waals surface area contributed by atoms with Crippen molar-refractivity contribution in [2.45, 2.75) is 92.5 Å². The minimum Gasteiger partial charge on any atom is -0.378 e. The monoisotopic (exact) mass is 342 g/mol. The number of hydrogen-bond acceptors (Lipinski definition) is 3. The second-order valence-electron chi connectivity index (χ2n) is 8.53. The third-order valence-electron chi connectivity index (χ3n) is 5.27. The second kappa shape index (κ2) is 12.3. The van der Waals surface area contributed by atoms with Crippen LogP contribution in [-0.2, 0) is 14.2 Å². The topological polar surface area (TPSA) is 27.7 Å². The van der Waals surface area contributed by atoms with E-state index in [1.807, 2.05) is 6.92 Å². The van der Waals surface area contributed by atoms with Crippen LogP contribution in [0.4, 0.5) is 0 Å². The van der Waals surface area contributed by atoms with E-state index in [1.165, 1.54) is 38.5 Å². The zero-order valence-corrected chi connectivity index (χ0v) is 17.1. The van der Waals surface area contributed by atoms with Crippen LogP contribution >= 0.6 is 0 Å². The number of rotatable bonds is 0. The molecule has 3 rings (SSSR count). The molecule has 0 aromatic carbocycles. The summed E-state index contributed by atoms with van der Waals surface area (Å²) in [6, 6.07) is 0. The molecule has 2 heterocycles. The van der Waals surface area contributed by atoms with Crippen molar-refractivity contribution in [3.05, 3.63) is 0 Å². The zero-order chi connectivity index (χ0) is 17.9. The van der Waals surface area contributed by atoms with Gasteiger partial charge in [-0.05, 0) is 44.4 Å². The summed E-state index contributed by atoms with van der Waals surface area (Å²) in [6.07, 6.45) is 9.03. The van der Waals surface area contributed by atoms with Crippen LogP contribution in [0.3, 0.4) is 0 Å². The van der Waals surface area contributed by atoms with Gasteiger partial charge in [0, 0.05) is 12.5 Å². The fourth-order valence-electron chi connectivity index (χ4n) is 3.14. The van der Waals surface area contributed by atoms with Crippen molar-refractivity contribution < 1.29 is 14.2 Å². The molecule has 1 unspecified atom stereocenters. The Morgan fingerprint density at radius 1 is 0.458 bits per heavy atom. The predicted octanol–water partition coefficient (Wildman–Crippen LogP) is 5.67. The van der Waals surface area contributed by atoms with Gasteiger partial charge in [0.1, 0.15) is 0 Å². The van der Waals surface area contributed by atoms with Crippen molar-refractivity contribution in [2.75, 3.05) is 19.8 Å². The van der Waals surface area contributed by atoms with Crippen molar-refractivity contribution in [3.8, 4) is 0 Å². The molecule has 3 heteroatoms. The van der Waals surface area contributed by atoms with Gasteiger partial charge in [0.15, 0.2) is 6.29 Å². The quantitative estimate of drug-likeness (QED) is 0.567. The van der Waals surface area contributed by atoms with Crippen LogP contribution in [0.1, 0.15) is 80.1 Å². The van der Waals surface area contributed by atoms with E-state index in [0.717, 1.165) is 37.6 Å². The van der Waals surface area contributed by atoms with Crippen molar-refractivity contribution >= 4 is 0 Å². The van der Waals surface area contributed by atoms with E-state index in [9.17, 15) is 0 Å². The highest BCUT2D eigenvalue weighted by molar-refractivity contribution is 4.65. The van der Waals surface area contributed by atoms with Gasteiger partial charge in [-0.3, -0.25) is 0 Å². The van der Waals surface area contributed by atoms with Gasteiger partial charge >= 0.3 is 0 Å². The summed E-state index contributed by atoms with van der Waals surface area (Å²) in [7, 11) is 0. The van der Waals surface area contributed by atoms with E-state index in [-0.39, 0.29) is 6.29 Å². The second-order valence-corrected chi connectivity index (χ2v) is 8.53. The van der Waals surface area contributed by atoms with E-state index in [2.05, 4.69) is 34.6 Å². The molecule has 2 aliphatic heterocycles. The average Bonchev–Trinajstić information content (AvgIpc) is 2.57. The Morgan fingerprint density at radius 3 is 1.21 bits per heavy atom. The van der Waals surface area contributed by atoms with E-state index in [1.54, 1.807) is 0 Å². The van der Waals surface area contributed by atoms with Gasteiger partial charge in [0.05, 0.1) is 19.3 Å². The van der Waals surface area contributed by atoms with Crippen molar-refractivity contribution in [3.63, 3.8) is 0 Å². The lowest BCUT2D eigenvalue weighted by molar-refractivity contribution is -0.187. The molecule has 3 nitrogen and oxygen atoms in total. The lowest BCUT2D eigenvalue weighted by Gasteiger charge is -2.24. The normalized spacial score (nSPS) is 39.8. The van der Waals surface area contributed by atoms with Crippen LogP contribution in [0.25, 0.3) is 0 Å². The van der Waals surface area contributed by atoms with Crippen LogP contribution < -0.4 is 0 Å². The minimum absolute atomic E-state index is 0.0196. The zero-order valence-electron chi connectivity index (χ0n) is 17.1. The molecule has 0 bridgehead atoms. The maximum absolute atomic E-state index is 5.39. The first-order chi connectivity index (χ1) is 11.4. The molecule has 3 aliphatic rings. The van der Waals surface area contributed by atoms with Gasteiger partial charge in [0.25, 0.3) is 0 Å². The lowest BCUT2D eigenvalue weighted by Crippen LogP contribution is -2.27. The average molecular weight is 343 g/mol. The molecule has 0 amide bonds. The Bertz CT molecular complexity index is 206. The summed E-state index contributed by atoms with van der Waals surface area (Å²) >= 11 is 0. The van der Waals surface area contributed by atoms with Crippen LogP contribution in [0.5, 0.6) is 0 Å². The third kappa shape index (κ3) is 10.7. The smallest absolute Gasteiger partial charge is 0.154 e. The van der Waals surface area contributed by atoms with Crippen LogP contribution in [0.2, 0.25) is 0 Å². The van der Waals surface area contributed by atoms with E-state index in [4.69, 9.17) is 14.2 Å². The molecule has 0 spiro atoms. The Hall–Kier alpha value is -0.120. The molecule has 2 saturated heterocycles. The number of hydrogen-bond donors (Lipinski definition) is 0. The Kier molecular flexibility index (Phi) is 11.2. The van der Waals surface area contributed by atoms with E-state index >= 15 is 0 Å². The van der Waals surface area contributed by atoms with Crippen molar-refractivity contribution in [1.29, 1.82) is 0 Å². The van der Waals surface area contributed by atoms with Gasteiger partial charge in [-0.2, -0.15) is 0 Å². The van der Waals surface area contributed by atoms with Gasteiger partial charge in [-0.15, -0.1) is 0 Å². The molecule has 0 aromatic rings. The van der Waals surface area contributed by atoms with Gasteiger partial charge in [0.2, 0.25) is 0 Å². The van der Waals surface area contributed by atoms with E-state index in [0.29, 0.717) is 12.0 Å². The van der Waals surface area contributed by atoms with Crippen LogP contribution in [0.15, 0.2) is 0 Å². The summed E-state index contributed by atoms with van der Waals surface area (Å²) < 4.78 is 15.7. The molecule has 0 aromatic heterocycles. The Labute approximate surface area is 150 Å². The minimum atomic E-state index is 0.0196. The third-order valence-corrected chi connectivity index (χ3v) is 5.27. The first-order valence-corrected chi connectivity index (χ1v) is 10.2. The van der Waals surface area contributed by atoms with E-state index < -0.39 is 0 Å². The maximum atomic E-state index is 5.39. The summed E-state index contributed by atoms with van der Waals surface area (Å²) in [6.45, 7) is 15.8. The fourth-order valence-corrected chi connectivity index (χ4v) is 3.14. The molecule has 0 N–H and O–H groups in total. The molecular formula is C21H42O3. The van der Waals surface area contributed by atoms with Gasteiger partial charge in [-0.25, -0.2) is 0 Å². The summed E-state index contributed by atoms with van der Waals surface area (Å²) in [5.41, 5.74) is 0. The lowest BCUT2D eigenvalue weighted by atomic mass is 9.84. The van der Waals surface area contributed by atoms with Crippen LogP contribution in [-0.4, -0.2) is 32.2 Å². The summed E-state index contributed by atoms with van der Waals surface area (Å²) in [5, 5.41) is 0. The maximum Gasteiger partial charge on any atom is 0.154 e. The first-order valence-electron chi connectivity index (χ1n) is 10.2. The highest BCUT2D eigenvalue weighted by Crippen LogP contribution is 2.27. The van der Waals surface area contributed by atoms with Gasteiger partial charge in [-0.1, -0.05) is 53.4 Å². The van der Waals surface area contributed by atoms with Crippen LogP contribution in [0, 0.1) is 23.7 Å². The van der Waals surface area contributed by atoms with Crippen molar-refractivity contribution in [2.24, 2.45) is 23.7 Å². The Balaban J connectivity index is 0.000000180. The molecule has 1 saturated carbocycles. The molecule has 1 aliphatic carbocycles. The molecular weight excluding hydrogens is 300 g/mol. The fraction of sp³-hybridized carbons (Fsp3) is 1.00. The van der Waals surface area contributed by atoms with Crippen molar-refractivity contribution in [1.82, 2.24) is 0 Å². The molecule has 2 atom stereocenters. The van der Waals surface area contributed by atoms with Gasteiger partial charge < -0.3 is 14.2 Å². The molecule has 0 radical (unpaired) electrons. The summed E-state index contributed by atoms with van der Waals surface area (Å²) in [5.74, 6) is 3.41. The summed E-state index contributed by atoms with van der Waals surface area (Å²) in [4.78, 5) is 0. The molecule has 3 fully saturated rings. The standard InChI is InChI=1S/C8H16.C7H14O.C6H12O2/c1-7-3-5-8(2)6-4-7;1-6-3-4-7(2)8-5-6;1-5-3-7-6(2)8-4-5/h7-8H,3-6H2,1-2H3;6-7H,3-5H2,1-2H3;5-6H,3-4H2,1-2H3/t;6?,7-;/m.1./s1. The molecule has 144 valence electrons. The first kappa shape index (κ1) is 21.9. The Morgan fingerprint density at radius 2 is 0.875 bits per heavy atom. The SMILES string of the molecule is CC1CCC(C)CC1.CC1CC[C@@H](C)OC1.CC1COC(C)OC1.